The van der Waals surface area contributed by atoms with Crippen LogP contribution in [0.25, 0.3) is 0 Å². The molecule has 0 atom stereocenters. The maximum absolute atomic E-state index is 13.3. The summed E-state index contributed by atoms with van der Waals surface area (Å²) in [6.07, 6.45) is 1.05. The number of pyridine rings is 1. The van der Waals surface area contributed by atoms with E-state index < -0.39 is 10.9 Å². The van der Waals surface area contributed by atoms with E-state index >= 15 is 0 Å². The summed E-state index contributed by atoms with van der Waals surface area (Å²) in [5.74, 6) is 0.947. The van der Waals surface area contributed by atoms with Crippen LogP contribution in [0.3, 0.4) is 0 Å². The molecule has 0 unspecified atom stereocenters. The molecule has 51 heavy (non-hydrogen) atoms. The maximum Gasteiger partial charge on any atom is 0.343 e. The van der Waals surface area contributed by atoms with Crippen LogP contribution in [0.2, 0.25) is 0 Å². The number of methoxy groups -OCH3 is 2. The number of benzene rings is 2. The number of nitrogens with one attached hydrogen (secondary N) is 1. The Labute approximate surface area is 298 Å². The minimum Gasteiger partial charge on any atom is -0.497 e. The third-order valence-electron chi connectivity index (χ3n) is 8.52. The van der Waals surface area contributed by atoms with Crippen molar-refractivity contribution in [3.8, 4) is 11.5 Å². The van der Waals surface area contributed by atoms with Gasteiger partial charge >= 0.3 is 5.97 Å². The summed E-state index contributed by atoms with van der Waals surface area (Å²) in [7, 11) is 7.01. The largest absolute Gasteiger partial charge is 0.497 e. The number of nitro groups is 1. The lowest BCUT2D eigenvalue weighted by atomic mass is 9.91. The summed E-state index contributed by atoms with van der Waals surface area (Å²) >= 11 is 0. The van der Waals surface area contributed by atoms with Gasteiger partial charge in [-0.15, -0.1) is 0 Å². The zero-order valence-electron chi connectivity index (χ0n) is 30.7. The van der Waals surface area contributed by atoms with Crippen molar-refractivity contribution in [3.05, 3.63) is 87.4 Å². The predicted octanol–water partition coefficient (Wildman–Crippen LogP) is 6.41. The number of likely N-dealkylation sites (N-methyl/N-ethyl adjacent to an activating group) is 1. The molecule has 0 aliphatic carbocycles. The van der Waals surface area contributed by atoms with Gasteiger partial charge in [-0.05, 0) is 64.7 Å². The van der Waals surface area contributed by atoms with Gasteiger partial charge < -0.3 is 34.2 Å². The number of aromatic nitrogens is 3. The van der Waals surface area contributed by atoms with E-state index in [1.54, 1.807) is 27.0 Å². The second-order valence-corrected chi connectivity index (χ2v) is 13.7. The standard InChI is InChI=1S/C37H46N8O6/c1-23(2)51-35(46)27-20-38-36(41-34(27)44-22-37(4,5)33-29(44)15-10-24(3)39-33)40-28-18-31(45(47)48)30(19-32(28)50-9)43(17-16-42(6)7)21-25-11-13-26(49-8)14-12-25/h10-15,18-20,23H,16-17,21-22H2,1-9H3,(H,38,40,41). The first kappa shape index (κ1) is 36.8. The van der Waals surface area contributed by atoms with Crippen molar-refractivity contribution < 1.29 is 23.9 Å². The lowest BCUT2D eigenvalue weighted by Gasteiger charge is -2.27. The van der Waals surface area contributed by atoms with Gasteiger partial charge in [0.2, 0.25) is 5.95 Å². The molecule has 1 N–H and O–H groups in total. The van der Waals surface area contributed by atoms with E-state index in [1.165, 1.54) is 19.4 Å². The van der Waals surface area contributed by atoms with Crippen molar-refractivity contribution >= 4 is 40.5 Å². The predicted molar refractivity (Wildman–Crippen MR) is 197 cm³/mol. The first-order valence-electron chi connectivity index (χ1n) is 16.7. The molecule has 2 aromatic heterocycles. The van der Waals surface area contributed by atoms with E-state index in [2.05, 4.69) is 24.1 Å². The van der Waals surface area contributed by atoms with E-state index in [9.17, 15) is 14.9 Å². The van der Waals surface area contributed by atoms with Gasteiger partial charge in [0.05, 0.1) is 42.3 Å². The smallest absolute Gasteiger partial charge is 0.343 e. The number of anilines is 5. The minimum atomic E-state index is -0.565. The quantitative estimate of drug-likeness (QED) is 0.0879. The van der Waals surface area contributed by atoms with Gasteiger partial charge in [-0.25, -0.2) is 9.78 Å². The maximum atomic E-state index is 13.3. The zero-order valence-corrected chi connectivity index (χ0v) is 30.7. The van der Waals surface area contributed by atoms with Crippen molar-refractivity contribution in [2.75, 3.05) is 63.1 Å². The highest BCUT2D eigenvalue weighted by atomic mass is 16.6. The third kappa shape index (κ3) is 8.28. The fourth-order valence-electron chi connectivity index (χ4n) is 5.97. The summed E-state index contributed by atoms with van der Waals surface area (Å²) in [5, 5.41) is 15.8. The molecule has 1 aliphatic rings. The lowest BCUT2D eigenvalue weighted by Crippen LogP contribution is -2.32. The molecular formula is C37H46N8O6. The Balaban J connectivity index is 1.57. The van der Waals surface area contributed by atoms with Gasteiger partial charge in [0, 0.05) is 55.6 Å². The van der Waals surface area contributed by atoms with Gasteiger partial charge in [0.1, 0.15) is 22.7 Å². The fourth-order valence-corrected chi connectivity index (χ4v) is 5.97. The molecule has 14 heteroatoms. The van der Waals surface area contributed by atoms with Crippen LogP contribution in [0.5, 0.6) is 11.5 Å². The van der Waals surface area contributed by atoms with Crippen LogP contribution in [-0.2, 0) is 16.7 Å². The molecule has 0 saturated heterocycles. The summed E-state index contributed by atoms with van der Waals surface area (Å²) in [4.78, 5) is 45.6. The number of nitro benzene ring substituents is 1. The number of rotatable bonds is 14. The Hall–Kier alpha value is -5.50. The van der Waals surface area contributed by atoms with Gasteiger partial charge in [-0.3, -0.25) is 15.1 Å². The van der Waals surface area contributed by atoms with Gasteiger partial charge in [-0.2, -0.15) is 4.98 Å². The van der Waals surface area contributed by atoms with Crippen molar-refractivity contribution in [2.45, 2.75) is 52.7 Å². The Morgan fingerprint density at radius 1 is 1.06 bits per heavy atom. The number of carbonyl (C=O) groups is 1. The van der Waals surface area contributed by atoms with Gasteiger partial charge in [0.25, 0.3) is 5.69 Å². The molecule has 5 rings (SSSR count). The SMILES string of the molecule is COc1ccc(CN(CCN(C)C)c2cc(OC)c(Nc3ncc(C(=O)OC(C)C)c(N4CC(C)(C)c5nc(C)ccc54)n3)cc2[N+](=O)[O-])cc1. The molecule has 0 amide bonds. The van der Waals surface area contributed by atoms with E-state index in [4.69, 9.17) is 24.2 Å². The van der Waals surface area contributed by atoms with Crippen LogP contribution in [0, 0.1) is 17.0 Å². The fraction of sp³-hybridized carbons (Fsp3) is 0.405. The second kappa shape index (κ2) is 15.2. The first-order valence-corrected chi connectivity index (χ1v) is 16.7. The van der Waals surface area contributed by atoms with E-state index in [0.717, 1.165) is 28.4 Å². The normalized spacial score (nSPS) is 13.3. The average Bonchev–Trinajstić information content (AvgIpc) is 3.35. The number of nitrogens with zero attached hydrogens (tertiary/aromatic N) is 7. The molecule has 4 aromatic rings. The molecule has 2 aromatic carbocycles. The Morgan fingerprint density at radius 2 is 1.78 bits per heavy atom. The second-order valence-electron chi connectivity index (χ2n) is 13.7. The third-order valence-corrected chi connectivity index (χ3v) is 8.52. The van der Waals surface area contributed by atoms with Crippen LogP contribution in [0.4, 0.5) is 34.5 Å². The van der Waals surface area contributed by atoms with Gasteiger partial charge in [-0.1, -0.05) is 26.0 Å². The molecular weight excluding hydrogens is 652 g/mol. The van der Waals surface area contributed by atoms with E-state index in [1.807, 2.05) is 72.1 Å². The molecule has 14 nitrogen and oxygen atoms in total. The van der Waals surface area contributed by atoms with Crippen molar-refractivity contribution in [3.63, 3.8) is 0 Å². The van der Waals surface area contributed by atoms with Crippen LogP contribution in [0.15, 0.2) is 54.7 Å². The van der Waals surface area contributed by atoms with Crippen LogP contribution in [0.1, 0.15) is 55.0 Å². The minimum absolute atomic E-state index is 0.112. The highest BCUT2D eigenvalue weighted by Crippen LogP contribution is 2.45. The van der Waals surface area contributed by atoms with Crippen molar-refractivity contribution in [1.29, 1.82) is 0 Å². The highest BCUT2D eigenvalue weighted by Gasteiger charge is 2.40. The zero-order chi connectivity index (χ0) is 37.0. The summed E-state index contributed by atoms with van der Waals surface area (Å²) in [6.45, 7) is 11.7. The first-order chi connectivity index (χ1) is 24.2. The molecule has 270 valence electrons. The number of hydrogen-bond acceptors (Lipinski definition) is 13. The topological polar surface area (TPSA) is 148 Å². The van der Waals surface area contributed by atoms with Crippen LogP contribution < -0.4 is 24.6 Å². The molecule has 0 spiro atoms. The van der Waals surface area contributed by atoms with Crippen LogP contribution in [-0.4, -0.2) is 84.8 Å². The summed E-state index contributed by atoms with van der Waals surface area (Å²) in [5.41, 5.74) is 3.94. The van der Waals surface area contributed by atoms with Crippen LogP contribution >= 0.6 is 0 Å². The number of fused-ring (bicyclic) bond motifs is 1. The summed E-state index contributed by atoms with van der Waals surface area (Å²) < 4.78 is 16.7. The molecule has 0 bridgehead atoms. The lowest BCUT2D eigenvalue weighted by molar-refractivity contribution is -0.384. The van der Waals surface area contributed by atoms with E-state index in [-0.39, 0.29) is 34.4 Å². The van der Waals surface area contributed by atoms with Crippen molar-refractivity contribution in [1.82, 2.24) is 19.9 Å². The van der Waals surface area contributed by atoms with Crippen molar-refractivity contribution in [2.24, 2.45) is 0 Å². The molecule has 0 radical (unpaired) electrons. The monoisotopic (exact) mass is 698 g/mol. The Morgan fingerprint density at radius 3 is 2.41 bits per heavy atom. The Kier molecular flexibility index (Phi) is 10.9. The number of esters is 1. The molecule has 0 fully saturated rings. The molecule has 3 heterocycles. The number of hydrogen-bond donors (Lipinski definition) is 1. The van der Waals surface area contributed by atoms with Gasteiger partial charge in [0.15, 0.2) is 5.82 Å². The number of ether oxygens (including phenoxy) is 3. The molecule has 0 saturated carbocycles. The Bertz CT molecular complexity index is 1900. The summed E-state index contributed by atoms with van der Waals surface area (Å²) in [6, 6.07) is 14.6. The highest BCUT2D eigenvalue weighted by molar-refractivity contribution is 5.96. The molecule has 1 aliphatic heterocycles. The average molecular weight is 699 g/mol. The number of carbonyl (C=O) groups excluding carboxylic acids is 1. The van der Waals surface area contributed by atoms with E-state index in [0.29, 0.717) is 43.4 Å². The number of aryl methyl sites for hydroxylation is 1.